The van der Waals surface area contributed by atoms with Gasteiger partial charge < -0.3 is 48.3 Å². The van der Waals surface area contributed by atoms with Crippen LogP contribution in [0.5, 0.6) is 0 Å². The number of aromatic amines is 1. The molecule has 4 atom stereocenters. The fourth-order valence-electron chi connectivity index (χ4n) is 2.81. The van der Waals surface area contributed by atoms with Crippen molar-refractivity contribution in [2.45, 2.75) is 56.8 Å². The molecule has 16 nitrogen and oxygen atoms in total. The van der Waals surface area contributed by atoms with Crippen molar-refractivity contribution in [3.8, 4) is 0 Å². The van der Waals surface area contributed by atoms with Gasteiger partial charge in [0.25, 0.3) is 0 Å². The van der Waals surface area contributed by atoms with Crippen molar-refractivity contribution in [2.75, 3.05) is 6.54 Å². The Hall–Kier alpha value is -4.21. The lowest BCUT2D eigenvalue weighted by Crippen LogP contribution is -2.57. The second kappa shape index (κ2) is 14.1. The van der Waals surface area contributed by atoms with Crippen molar-refractivity contribution >= 4 is 35.6 Å². The predicted molar refractivity (Wildman–Crippen MR) is 122 cm³/mol. The number of H-pyrrole nitrogens is 1. The number of hydrogen-bond donors (Lipinski definition) is 9. The minimum absolute atomic E-state index is 0.0259. The summed E-state index contributed by atoms with van der Waals surface area (Å²) in [7, 11) is 0. The highest BCUT2D eigenvalue weighted by Gasteiger charge is 2.30. The first-order valence-electron chi connectivity index (χ1n) is 10.5. The Morgan fingerprint density at radius 2 is 1.69 bits per heavy atom. The number of carbonyl (C=O) groups is 5. The number of guanidine groups is 1. The molecule has 0 radical (unpaired) electrons. The van der Waals surface area contributed by atoms with Crippen LogP contribution in [0, 0.1) is 0 Å². The van der Waals surface area contributed by atoms with Gasteiger partial charge in [-0.1, -0.05) is 0 Å². The van der Waals surface area contributed by atoms with Crippen molar-refractivity contribution in [3.63, 3.8) is 0 Å². The minimum atomic E-state index is -1.60. The fourth-order valence-corrected chi connectivity index (χ4v) is 2.81. The number of hydrogen-bond acceptors (Lipinski definition) is 8. The summed E-state index contributed by atoms with van der Waals surface area (Å²) < 4.78 is 0. The van der Waals surface area contributed by atoms with E-state index in [4.69, 9.17) is 27.4 Å². The van der Waals surface area contributed by atoms with Crippen LogP contribution in [0.2, 0.25) is 0 Å². The Balaban J connectivity index is 2.95. The number of nitrogens with one attached hydrogen (secondary N) is 4. The van der Waals surface area contributed by atoms with E-state index >= 15 is 0 Å². The number of rotatable bonds is 15. The monoisotopic (exact) mass is 497 g/mol. The number of imidazole rings is 1. The van der Waals surface area contributed by atoms with Gasteiger partial charge in [-0.05, 0) is 19.8 Å². The molecule has 1 heterocycles. The molecule has 0 saturated carbocycles. The van der Waals surface area contributed by atoms with Crippen molar-refractivity contribution in [1.82, 2.24) is 25.9 Å². The molecule has 194 valence electrons. The molecule has 0 fully saturated rings. The third-order valence-electron chi connectivity index (χ3n) is 4.65. The van der Waals surface area contributed by atoms with Gasteiger partial charge in [0.05, 0.1) is 18.8 Å². The van der Waals surface area contributed by atoms with Crippen molar-refractivity contribution < 1.29 is 34.2 Å². The van der Waals surface area contributed by atoms with E-state index in [1.165, 1.54) is 19.4 Å². The summed E-state index contributed by atoms with van der Waals surface area (Å²) >= 11 is 0. The van der Waals surface area contributed by atoms with Crippen LogP contribution in [0.4, 0.5) is 0 Å². The van der Waals surface area contributed by atoms with Crippen LogP contribution in [-0.4, -0.2) is 86.5 Å². The van der Waals surface area contributed by atoms with E-state index in [1.54, 1.807) is 0 Å². The number of carboxylic acid groups (broad SMARTS) is 2. The molecule has 0 saturated heterocycles. The zero-order chi connectivity index (χ0) is 26.5. The van der Waals surface area contributed by atoms with Crippen LogP contribution in [0.1, 0.15) is 31.9 Å². The number of aliphatic imine (C=N–C) groups is 1. The number of carbonyl (C=O) groups excluding carboxylic acids is 3. The molecule has 0 aliphatic carbocycles. The Labute approximate surface area is 200 Å². The van der Waals surface area contributed by atoms with E-state index in [0.717, 1.165) is 0 Å². The van der Waals surface area contributed by atoms with Gasteiger partial charge in [0.2, 0.25) is 17.7 Å². The summed E-state index contributed by atoms with van der Waals surface area (Å²) in [4.78, 5) is 70.5. The third kappa shape index (κ3) is 11.0. The first kappa shape index (κ1) is 28.8. The van der Waals surface area contributed by atoms with Gasteiger partial charge in [0.15, 0.2) is 5.96 Å². The maximum atomic E-state index is 12.9. The van der Waals surface area contributed by atoms with Crippen LogP contribution in [-0.2, 0) is 30.4 Å². The van der Waals surface area contributed by atoms with Crippen molar-refractivity contribution in [2.24, 2.45) is 22.2 Å². The first-order valence-corrected chi connectivity index (χ1v) is 10.5. The van der Waals surface area contributed by atoms with Crippen LogP contribution in [0.3, 0.4) is 0 Å². The molecule has 4 unspecified atom stereocenters. The van der Waals surface area contributed by atoms with Crippen LogP contribution < -0.4 is 33.2 Å². The first-order chi connectivity index (χ1) is 16.4. The van der Waals surface area contributed by atoms with Gasteiger partial charge in [-0.2, -0.15) is 0 Å². The highest BCUT2D eigenvalue weighted by molar-refractivity contribution is 5.95. The highest BCUT2D eigenvalue weighted by atomic mass is 16.4. The second-order valence-electron chi connectivity index (χ2n) is 7.63. The predicted octanol–water partition coefficient (Wildman–Crippen LogP) is -3.63. The summed E-state index contributed by atoms with van der Waals surface area (Å²) in [6, 6.07) is -5.19. The number of nitrogens with zero attached hydrogens (tertiary/aromatic N) is 2. The quantitative estimate of drug-likeness (QED) is 0.0647. The number of amides is 3. The smallest absolute Gasteiger partial charge is 0.325 e. The maximum Gasteiger partial charge on any atom is 0.325 e. The third-order valence-corrected chi connectivity index (χ3v) is 4.65. The van der Waals surface area contributed by atoms with Gasteiger partial charge in [-0.25, -0.2) is 4.98 Å². The number of carboxylic acids is 2. The maximum absolute atomic E-state index is 12.9. The SMILES string of the molecule is CC(NC(=O)C(CC(=O)O)NC(=O)C(CCCN=C(N)N)NC(=O)C(N)Cc1cnc[nH]1)C(=O)O. The zero-order valence-corrected chi connectivity index (χ0v) is 19.1. The van der Waals surface area contributed by atoms with E-state index in [-0.39, 0.29) is 31.8 Å². The minimum Gasteiger partial charge on any atom is -0.481 e. The molecule has 0 aliphatic rings. The molecule has 16 heteroatoms. The number of aliphatic carboxylic acids is 2. The zero-order valence-electron chi connectivity index (χ0n) is 19.1. The van der Waals surface area contributed by atoms with Crippen LogP contribution in [0.15, 0.2) is 17.5 Å². The summed E-state index contributed by atoms with van der Waals surface area (Å²) in [6.45, 7) is 1.31. The van der Waals surface area contributed by atoms with Crippen LogP contribution in [0.25, 0.3) is 0 Å². The lowest BCUT2D eigenvalue weighted by molar-refractivity contribution is -0.143. The Morgan fingerprint density at radius 3 is 2.23 bits per heavy atom. The average molecular weight is 498 g/mol. The number of aromatic nitrogens is 2. The van der Waals surface area contributed by atoms with Gasteiger partial charge in [-0.3, -0.25) is 29.0 Å². The molecule has 1 aromatic heterocycles. The molecule has 0 aliphatic heterocycles. The normalized spacial score (nSPS) is 14.0. The van der Waals surface area contributed by atoms with Crippen molar-refractivity contribution in [1.29, 1.82) is 0 Å². The van der Waals surface area contributed by atoms with Gasteiger partial charge in [0, 0.05) is 24.9 Å². The summed E-state index contributed by atoms with van der Waals surface area (Å²) in [6.07, 6.45) is 2.46. The van der Waals surface area contributed by atoms with Crippen molar-refractivity contribution in [3.05, 3.63) is 18.2 Å². The topological polar surface area (TPSA) is 281 Å². The fraction of sp³-hybridized carbons (Fsp3) is 0.526. The molecule has 0 bridgehead atoms. The lowest BCUT2D eigenvalue weighted by Gasteiger charge is -2.24. The molecular weight excluding hydrogens is 466 g/mol. The summed E-state index contributed by atoms with van der Waals surface area (Å²) in [5.74, 6) is -5.50. The highest BCUT2D eigenvalue weighted by Crippen LogP contribution is 2.04. The molecule has 3 amide bonds. The van der Waals surface area contributed by atoms with Gasteiger partial charge in [0.1, 0.15) is 18.1 Å². The van der Waals surface area contributed by atoms with Gasteiger partial charge in [-0.15, -0.1) is 0 Å². The Kier molecular flexibility index (Phi) is 11.6. The molecular formula is C19H31N9O7. The molecule has 0 aromatic carbocycles. The summed E-state index contributed by atoms with van der Waals surface area (Å²) in [5.41, 5.74) is 17.0. The van der Waals surface area contributed by atoms with E-state index in [0.29, 0.717) is 5.69 Å². The Bertz CT molecular complexity index is 916. The molecule has 35 heavy (non-hydrogen) atoms. The second-order valence-corrected chi connectivity index (χ2v) is 7.63. The molecule has 0 spiro atoms. The number of nitrogens with two attached hydrogens (primary N) is 3. The summed E-state index contributed by atoms with van der Waals surface area (Å²) in [5, 5.41) is 24.9. The van der Waals surface area contributed by atoms with E-state index in [9.17, 15) is 24.0 Å². The van der Waals surface area contributed by atoms with Gasteiger partial charge >= 0.3 is 11.9 Å². The Morgan fingerprint density at radius 1 is 1.06 bits per heavy atom. The van der Waals surface area contributed by atoms with E-state index in [1.807, 2.05) is 0 Å². The molecule has 1 aromatic rings. The van der Waals surface area contributed by atoms with Crippen LogP contribution >= 0.6 is 0 Å². The molecule has 1 rings (SSSR count). The van der Waals surface area contributed by atoms with E-state index in [2.05, 4.69) is 30.9 Å². The largest absolute Gasteiger partial charge is 0.481 e. The lowest BCUT2D eigenvalue weighted by atomic mass is 10.1. The van der Waals surface area contributed by atoms with E-state index < -0.39 is 60.2 Å². The average Bonchev–Trinajstić information content (AvgIpc) is 3.27. The standard InChI is InChI=1S/C19H31N9O7/c1-9(18(34)35)26-17(33)13(6-14(29)30)28-16(32)12(3-2-4-24-19(21)22)27-15(31)11(20)5-10-7-23-8-25-10/h7-9,11-13H,2-6,20H2,1H3,(H,23,25)(H,26,33)(H,27,31)(H,28,32)(H,29,30)(H,34,35)(H4,21,22,24). The molecule has 12 N–H and O–H groups in total.